The van der Waals surface area contributed by atoms with Gasteiger partial charge >= 0.3 is 0 Å². The molecular weight excluding hydrogens is 277 g/mol. The van der Waals surface area contributed by atoms with Gasteiger partial charge in [-0.2, -0.15) is 5.26 Å². The number of benzene rings is 2. The van der Waals surface area contributed by atoms with Gasteiger partial charge in [-0.05, 0) is 35.7 Å². The maximum atomic E-state index is 14.1. The molecule has 3 N–H and O–H groups in total. The average Bonchev–Trinajstić information content (AvgIpc) is 2.89. The molecule has 0 amide bonds. The number of hydrogen-bond acceptors (Lipinski definition) is 2. The zero-order valence-corrected chi connectivity index (χ0v) is 12.2. The molecule has 0 spiro atoms. The Morgan fingerprint density at radius 2 is 1.95 bits per heavy atom. The zero-order valence-electron chi connectivity index (χ0n) is 12.2. The van der Waals surface area contributed by atoms with E-state index in [0.29, 0.717) is 12.0 Å². The minimum absolute atomic E-state index is 0.288. The molecule has 0 aliphatic heterocycles. The molecule has 4 heteroatoms. The fourth-order valence-electron chi connectivity index (χ4n) is 2.67. The first-order valence-electron chi connectivity index (χ1n) is 7.12. The van der Waals surface area contributed by atoms with E-state index in [1.54, 1.807) is 13.0 Å². The van der Waals surface area contributed by atoms with Crippen LogP contribution in [-0.4, -0.2) is 4.98 Å². The lowest BCUT2D eigenvalue weighted by atomic mass is 9.99. The molecule has 0 aliphatic carbocycles. The van der Waals surface area contributed by atoms with E-state index in [9.17, 15) is 4.39 Å². The van der Waals surface area contributed by atoms with Crippen LogP contribution >= 0.6 is 0 Å². The summed E-state index contributed by atoms with van der Waals surface area (Å²) >= 11 is 0. The number of nitriles is 1. The lowest BCUT2D eigenvalue weighted by Gasteiger charge is -2.09. The molecule has 0 saturated heterocycles. The summed E-state index contributed by atoms with van der Waals surface area (Å²) in [5.74, 6) is -0.288. The lowest BCUT2D eigenvalue weighted by Crippen LogP contribution is -2.07. The minimum atomic E-state index is -0.325. The first-order valence-corrected chi connectivity index (χ1v) is 7.12. The molecule has 1 aromatic heterocycles. The van der Waals surface area contributed by atoms with Crippen molar-refractivity contribution in [1.82, 2.24) is 4.98 Å². The normalized spacial score (nSPS) is 12.3. The smallest absolute Gasteiger partial charge is 0.128 e. The summed E-state index contributed by atoms with van der Waals surface area (Å²) in [4.78, 5) is 3.16. The van der Waals surface area contributed by atoms with Gasteiger partial charge in [0.15, 0.2) is 0 Å². The molecule has 0 radical (unpaired) electrons. The van der Waals surface area contributed by atoms with Gasteiger partial charge in [-0.3, -0.25) is 0 Å². The molecular formula is C18H16FN3. The fraction of sp³-hybridized carbons (Fsp3) is 0.167. The molecule has 1 atom stereocenters. The van der Waals surface area contributed by atoms with Gasteiger partial charge < -0.3 is 10.7 Å². The van der Waals surface area contributed by atoms with E-state index < -0.39 is 0 Å². The van der Waals surface area contributed by atoms with Crippen molar-refractivity contribution >= 4 is 10.9 Å². The van der Waals surface area contributed by atoms with Gasteiger partial charge in [-0.15, -0.1) is 0 Å². The first-order chi connectivity index (χ1) is 10.6. The Kier molecular flexibility index (Phi) is 3.66. The van der Waals surface area contributed by atoms with Crippen molar-refractivity contribution in [3.8, 4) is 17.2 Å². The van der Waals surface area contributed by atoms with Crippen molar-refractivity contribution in [3.05, 3.63) is 59.5 Å². The Hall–Kier alpha value is -2.64. The quantitative estimate of drug-likeness (QED) is 0.764. The number of nitrogens with one attached hydrogen (secondary N) is 1. The van der Waals surface area contributed by atoms with Crippen LogP contribution in [0.15, 0.2) is 42.6 Å². The van der Waals surface area contributed by atoms with Crippen LogP contribution in [0.5, 0.6) is 0 Å². The van der Waals surface area contributed by atoms with Crippen molar-refractivity contribution < 1.29 is 4.39 Å². The van der Waals surface area contributed by atoms with E-state index in [-0.39, 0.29) is 11.9 Å². The van der Waals surface area contributed by atoms with Crippen molar-refractivity contribution in [2.45, 2.75) is 19.4 Å². The van der Waals surface area contributed by atoms with Crippen LogP contribution in [0.3, 0.4) is 0 Å². The van der Waals surface area contributed by atoms with Gasteiger partial charge in [0.2, 0.25) is 0 Å². The number of nitrogens with two attached hydrogens (primary N) is 1. The summed E-state index contributed by atoms with van der Waals surface area (Å²) in [6.07, 6.45) is 2.22. The van der Waals surface area contributed by atoms with Gasteiger partial charge in [-0.1, -0.05) is 24.3 Å². The number of hydrogen-bond donors (Lipinski definition) is 2. The number of rotatable bonds is 3. The third-order valence-electron chi connectivity index (χ3n) is 3.86. The second kappa shape index (κ2) is 5.63. The summed E-state index contributed by atoms with van der Waals surface area (Å²) < 4.78 is 14.1. The zero-order chi connectivity index (χ0) is 15.7. The molecule has 3 nitrogen and oxygen atoms in total. The molecule has 0 bridgehead atoms. The van der Waals surface area contributed by atoms with Crippen LogP contribution < -0.4 is 5.73 Å². The van der Waals surface area contributed by atoms with Gasteiger partial charge in [0.1, 0.15) is 5.82 Å². The van der Waals surface area contributed by atoms with Crippen molar-refractivity contribution in [2.24, 2.45) is 5.73 Å². The van der Waals surface area contributed by atoms with E-state index in [4.69, 9.17) is 11.0 Å². The fourth-order valence-corrected chi connectivity index (χ4v) is 2.67. The molecule has 2 aromatic carbocycles. The van der Waals surface area contributed by atoms with Crippen LogP contribution in [0.2, 0.25) is 0 Å². The Morgan fingerprint density at radius 3 is 2.64 bits per heavy atom. The molecule has 1 heterocycles. The van der Waals surface area contributed by atoms with Crippen LogP contribution in [-0.2, 0) is 6.42 Å². The average molecular weight is 293 g/mol. The summed E-state index contributed by atoms with van der Waals surface area (Å²) in [6, 6.07) is 12.8. The van der Waals surface area contributed by atoms with E-state index in [0.717, 1.165) is 27.6 Å². The Balaban J connectivity index is 2.04. The van der Waals surface area contributed by atoms with E-state index in [2.05, 4.69) is 11.1 Å². The maximum absolute atomic E-state index is 14.1. The molecule has 22 heavy (non-hydrogen) atoms. The predicted octanol–water partition coefficient (Wildman–Crippen LogP) is 4.06. The third-order valence-corrected chi connectivity index (χ3v) is 3.86. The molecule has 0 saturated carbocycles. The van der Waals surface area contributed by atoms with Crippen LogP contribution in [0, 0.1) is 17.1 Å². The molecule has 110 valence electrons. The number of aromatic nitrogens is 1. The monoisotopic (exact) mass is 293 g/mol. The second-order valence-corrected chi connectivity index (χ2v) is 5.43. The third kappa shape index (κ3) is 2.47. The highest BCUT2D eigenvalue weighted by molar-refractivity contribution is 5.87. The highest BCUT2D eigenvalue weighted by atomic mass is 19.1. The lowest BCUT2D eigenvalue weighted by molar-refractivity contribution is 0.594. The van der Waals surface area contributed by atoms with E-state index >= 15 is 0 Å². The molecule has 3 aromatic rings. The van der Waals surface area contributed by atoms with Gasteiger partial charge in [0, 0.05) is 28.7 Å². The highest BCUT2D eigenvalue weighted by Crippen LogP contribution is 2.28. The van der Waals surface area contributed by atoms with Gasteiger partial charge in [-0.25, -0.2) is 4.39 Å². The van der Waals surface area contributed by atoms with E-state index in [1.165, 1.54) is 6.07 Å². The molecule has 3 rings (SSSR count). The van der Waals surface area contributed by atoms with E-state index in [1.807, 2.05) is 30.5 Å². The molecule has 0 fully saturated rings. The largest absolute Gasteiger partial charge is 0.361 e. The Morgan fingerprint density at radius 1 is 1.23 bits per heavy atom. The standard InChI is InChI=1S/C18H16FN3/c1-11(21)15-4-2-12(8-17(15)19)13-3-5-16-14(6-7-20)10-22-18(16)9-13/h2-5,8-11,22H,6,21H2,1H3. The number of fused-ring (bicyclic) bond motifs is 1. The first kappa shape index (κ1) is 14.3. The van der Waals surface area contributed by atoms with Crippen LogP contribution in [0.25, 0.3) is 22.0 Å². The van der Waals surface area contributed by atoms with Crippen molar-refractivity contribution in [3.63, 3.8) is 0 Å². The summed E-state index contributed by atoms with van der Waals surface area (Å²) in [5.41, 5.74) is 9.90. The van der Waals surface area contributed by atoms with Crippen molar-refractivity contribution in [1.29, 1.82) is 5.26 Å². The van der Waals surface area contributed by atoms with Crippen LogP contribution in [0.1, 0.15) is 24.1 Å². The molecule has 1 unspecified atom stereocenters. The van der Waals surface area contributed by atoms with Crippen LogP contribution in [0.4, 0.5) is 4.39 Å². The Bertz CT molecular complexity index is 872. The topological polar surface area (TPSA) is 65.6 Å². The maximum Gasteiger partial charge on any atom is 0.128 e. The number of H-pyrrole nitrogens is 1. The second-order valence-electron chi connectivity index (χ2n) is 5.43. The minimum Gasteiger partial charge on any atom is -0.361 e. The summed E-state index contributed by atoms with van der Waals surface area (Å²) in [6.45, 7) is 1.76. The SMILES string of the molecule is CC(N)c1ccc(-c2ccc3c(CC#N)c[nH]c3c2)cc1F. The van der Waals surface area contributed by atoms with Crippen molar-refractivity contribution in [2.75, 3.05) is 0 Å². The highest BCUT2D eigenvalue weighted by Gasteiger charge is 2.10. The molecule has 0 aliphatic rings. The Labute approximate surface area is 128 Å². The van der Waals surface area contributed by atoms with Gasteiger partial charge in [0.25, 0.3) is 0 Å². The van der Waals surface area contributed by atoms with Gasteiger partial charge in [0.05, 0.1) is 12.5 Å². The summed E-state index contributed by atoms with van der Waals surface area (Å²) in [7, 11) is 0. The number of nitrogens with zero attached hydrogens (tertiary/aromatic N) is 1. The number of halogens is 1. The number of aromatic amines is 1. The summed E-state index contributed by atoms with van der Waals surface area (Å²) in [5, 5.41) is 9.84. The predicted molar refractivity (Wildman–Crippen MR) is 85.6 cm³/mol.